The van der Waals surface area contributed by atoms with Crippen molar-refractivity contribution in [3.8, 4) is 0 Å². The number of ether oxygens (including phenoxy) is 7. The molecule has 0 amide bonds. The maximum atomic E-state index is 11.5. The highest BCUT2D eigenvalue weighted by atomic mass is 16.8. The van der Waals surface area contributed by atoms with Crippen molar-refractivity contribution in [2.24, 2.45) is 5.41 Å². The number of methoxy groups -OCH3 is 2. The zero-order chi connectivity index (χ0) is 33.8. The van der Waals surface area contributed by atoms with E-state index in [1.54, 1.807) is 27.7 Å². The maximum Gasteiger partial charge on any atom is 0.511 e. The van der Waals surface area contributed by atoms with Crippen LogP contribution < -0.4 is 0 Å². The molecule has 0 rings (SSSR count). The molecule has 0 heterocycles. The molecule has 0 aromatic carbocycles. The van der Waals surface area contributed by atoms with E-state index in [0.717, 1.165) is 57.8 Å². The number of unbranched alkanes of at least 4 members (excludes halogenated alkanes) is 8. The van der Waals surface area contributed by atoms with E-state index < -0.39 is 29.8 Å². The lowest BCUT2D eigenvalue weighted by Crippen LogP contribution is -2.24. The molecule has 1 unspecified atom stereocenters. The summed E-state index contributed by atoms with van der Waals surface area (Å²) < 4.78 is 33.0. The third-order valence-corrected chi connectivity index (χ3v) is 5.82. The van der Waals surface area contributed by atoms with Crippen LogP contribution in [0.5, 0.6) is 0 Å². The molecule has 0 spiro atoms. The third kappa shape index (κ3) is 28.7. The van der Waals surface area contributed by atoms with Crippen molar-refractivity contribution in [1.29, 1.82) is 0 Å². The SMILES string of the molecule is CCOC(=O)OC(C)OC(=O)CCCCCCCC(=O)OC.COC(=O)CCCCCCCC(=O)OCOC(=O)C(C)(C)C. The summed E-state index contributed by atoms with van der Waals surface area (Å²) >= 11 is 0. The quantitative estimate of drug-likeness (QED) is 0.0631. The summed E-state index contributed by atoms with van der Waals surface area (Å²) in [6.07, 6.45) is 8.22. The van der Waals surface area contributed by atoms with Gasteiger partial charge < -0.3 is 33.2 Å². The Morgan fingerprint density at radius 3 is 1.36 bits per heavy atom. The second-order valence-electron chi connectivity index (χ2n) is 10.9. The Balaban J connectivity index is 0. The normalized spacial score (nSPS) is 11.2. The molecule has 0 aromatic heterocycles. The van der Waals surface area contributed by atoms with Gasteiger partial charge >= 0.3 is 36.0 Å². The molecular weight excluding hydrogens is 580 g/mol. The largest absolute Gasteiger partial charge is 0.511 e. The first kappa shape index (κ1) is 42.8. The molecule has 0 fully saturated rings. The Labute approximate surface area is 261 Å². The lowest BCUT2D eigenvalue weighted by Gasteiger charge is -2.16. The van der Waals surface area contributed by atoms with Gasteiger partial charge in [0.2, 0.25) is 13.1 Å². The number of hydrogen-bond donors (Lipinski definition) is 0. The molecule has 0 N–H and O–H groups in total. The highest BCUT2D eigenvalue weighted by Gasteiger charge is 2.23. The molecule has 0 radical (unpaired) electrons. The number of carbonyl (C=O) groups excluding carboxylic acids is 6. The second-order valence-corrected chi connectivity index (χ2v) is 10.9. The minimum atomic E-state index is -0.952. The van der Waals surface area contributed by atoms with E-state index in [-0.39, 0.29) is 37.7 Å². The Hall–Kier alpha value is -3.38. The average Bonchev–Trinajstić information content (AvgIpc) is 2.95. The predicted molar refractivity (Wildman–Crippen MR) is 159 cm³/mol. The highest BCUT2D eigenvalue weighted by Crippen LogP contribution is 2.15. The molecule has 0 aliphatic rings. The molecule has 13 nitrogen and oxygen atoms in total. The van der Waals surface area contributed by atoms with Crippen LogP contribution in [0, 0.1) is 5.41 Å². The number of carbonyl (C=O) groups is 6. The first-order valence-electron chi connectivity index (χ1n) is 15.3. The zero-order valence-electron chi connectivity index (χ0n) is 27.7. The summed E-state index contributed by atoms with van der Waals surface area (Å²) in [4.78, 5) is 67.1. The second kappa shape index (κ2) is 27.2. The number of rotatable bonds is 21. The molecule has 0 bridgehead atoms. The maximum absolute atomic E-state index is 11.5. The van der Waals surface area contributed by atoms with Crippen LogP contribution in [0.2, 0.25) is 0 Å². The number of esters is 5. The number of hydrogen-bond acceptors (Lipinski definition) is 13. The Kier molecular flexibility index (Phi) is 26.4. The van der Waals surface area contributed by atoms with Crippen molar-refractivity contribution in [1.82, 2.24) is 0 Å². The van der Waals surface area contributed by atoms with Crippen LogP contribution in [0.15, 0.2) is 0 Å². The minimum Gasteiger partial charge on any atom is -0.469 e. The zero-order valence-corrected chi connectivity index (χ0v) is 27.7. The van der Waals surface area contributed by atoms with Crippen molar-refractivity contribution in [3.05, 3.63) is 0 Å². The van der Waals surface area contributed by atoms with Crippen molar-refractivity contribution >= 4 is 36.0 Å². The van der Waals surface area contributed by atoms with Crippen LogP contribution in [0.4, 0.5) is 4.79 Å². The van der Waals surface area contributed by atoms with Crippen LogP contribution in [-0.2, 0) is 57.1 Å². The van der Waals surface area contributed by atoms with Crippen LogP contribution in [0.25, 0.3) is 0 Å². The smallest absolute Gasteiger partial charge is 0.469 e. The van der Waals surface area contributed by atoms with E-state index in [1.807, 2.05) is 0 Å². The van der Waals surface area contributed by atoms with Crippen LogP contribution in [-0.4, -0.2) is 69.9 Å². The summed E-state index contributed by atoms with van der Waals surface area (Å²) in [5.41, 5.74) is -0.601. The van der Waals surface area contributed by atoms with Gasteiger partial charge in [-0.15, -0.1) is 0 Å². The highest BCUT2D eigenvalue weighted by molar-refractivity contribution is 5.75. The van der Waals surface area contributed by atoms with Crippen LogP contribution in [0.1, 0.15) is 125 Å². The van der Waals surface area contributed by atoms with Gasteiger partial charge in [-0.1, -0.05) is 38.5 Å². The fourth-order valence-electron chi connectivity index (χ4n) is 3.33. The average molecular weight is 635 g/mol. The summed E-state index contributed by atoms with van der Waals surface area (Å²) in [7, 11) is 2.76. The van der Waals surface area contributed by atoms with Crippen molar-refractivity contribution in [3.63, 3.8) is 0 Å². The van der Waals surface area contributed by atoms with Gasteiger partial charge in [0.25, 0.3) is 0 Å². The Bertz CT molecular complexity index is 833. The fraction of sp³-hybridized carbons (Fsp3) is 0.806. The summed E-state index contributed by atoms with van der Waals surface area (Å²) in [6.45, 7) is 8.19. The van der Waals surface area contributed by atoms with E-state index in [2.05, 4.69) is 14.2 Å². The molecule has 13 heteroatoms. The monoisotopic (exact) mass is 634 g/mol. The molecule has 0 saturated heterocycles. The van der Waals surface area contributed by atoms with Crippen molar-refractivity contribution in [2.45, 2.75) is 131 Å². The molecule has 44 heavy (non-hydrogen) atoms. The topological polar surface area (TPSA) is 167 Å². The summed E-state index contributed by atoms with van der Waals surface area (Å²) in [5, 5.41) is 0. The van der Waals surface area contributed by atoms with Gasteiger partial charge in [-0.3, -0.25) is 24.0 Å². The fourth-order valence-corrected chi connectivity index (χ4v) is 3.33. The van der Waals surface area contributed by atoms with E-state index in [9.17, 15) is 28.8 Å². The molecule has 0 saturated carbocycles. The van der Waals surface area contributed by atoms with Gasteiger partial charge in [0.15, 0.2) is 0 Å². The lowest BCUT2D eigenvalue weighted by molar-refractivity contribution is -0.173. The van der Waals surface area contributed by atoms with E-state index >= 15 is 0 Å². The molecule has 0 aromatic rings. The predicted octanol–water partition coefficient (Wildman–Crippen LogP) is 5.93. The summed E-state index contributed by atoms with van der Waals surface area (Å²) in [5.74, 6) is -1.55. The van der Waals surface area contributed by atoms with Crippen LogP contribution in [0.3, 0.4) is 0 Å². The molecule has 0 aliphatic heterocycles. The molecule has 256 valence electrons. The van der Waals surface area contributed by atoms with E-state index in [0.29, 0.717) is 25.7 Å². The van der Waals surface area contributed by atoms with Crippen LogP contribution >= 0.6 is 0 Å². The van der Waals surface area contributed by atoms with Crippen molar-refractivity contribution in [2.75, 3.05) is 27.6 Å². The Morgan fingerprint density at radius 2 is 0.955 bits per heavy atom. The van der Waals surface area contributed by atoms with Crippen molar-refractivity contribution < 1.29 is 61.9 Å². The summed E-state index contributed by atoms with van der Waals surface area (Å²) in [6, 6.07) is 0. The first-order valence-corrected chi connectivity index (χ1v) is 15.3. The molecular formula is C31H54O13. The standard InChI is InChI=1S/C16H28O6.C15H26O7/c1-16(2,3)15(19)22-12-21-14(18)11-9-7-5-6-8-10-13(17)20-4;1-4-20-15(18)22-12(2)21-14(17)11-9-7-5-6-8-10-13(16)19-3/h5-12H2,1-4H3;12H,4-11H2,1-3H3. The van der Waals surface area contributed by atoms with Gasteiger partial charge in [-0.25, -0.2) is 4.79 Å². The minimum absolute atomic E-state index is 0.187. The van der Waals surface area contributed by atoms with Gasteiger partial charge in [-0.05, 0) is 53.4 Å². The third-order valence-electron chi connectivity index (χ3n) is 5.82. The molecule has 0 aliphatic carbocycles. The lowest BCUT2D eigenvalue weighted by atomic mass is 9.98. The Morgan fingerprint density at radius 1 is 0.545 bits per heavy atom. The van der Waals surface area contributed by atoms with Gasteiger partial charge in [0.05, 0.1) is 26.2 Å². The van der Waals surface area contributed by atoms with Gasteiger partial charge in [0.1, 0.15) is 0 Å². The van der Waals surface area contributed by atoms with Gasteiger partial charge in [-0.2, -0.15) is 0 Å². The van der Waals surface area contributed by atoms with Gasteiger partial charge in [0, 0.05) is 32.6 Å². The van der Waals surface area contributed by atoms with E-state index in [1.165, 1.54) is 21.1 Å². The van der Waals surface area contributed by atoms with E-state index in [4.69, 9.17) is 18.9 Å². The first-order chi connectivity index (χ1) is 20.8. The molecule has 1 atom stereocenters.